The molecule has 29 heavy (non-hydrogen) atoms. The molecule has 4 aromatic rings. The minimum absolute atomic E-state index is 0.274. The number of carbonyl (C=O) groups is 1. The number of hydrogen-bond acceptors (Lipinski definition) is 4. The van der Waals surface area contributed by atoms with E-state index >= 15 is 0 Å². The van der Waals surface area contributed by atoms with Crippen LogP contribution >= 0.6 is 23.2 Å². The topological polar surface area (TPSA) is 68.0 Å². The van der Waals surface area contributed by atoms with Crippen molar-refractivity contribution in [3.8, 4) is 11.5 Å². The number of nitrogens with one attached hydrogen (secondary N) is 1. The predicted molar refractivity (Wildman–Crippen MR) is 113 cm³/mol. The van der Waals surface area contributed by atoms with Gasteiger partial charge in [-0.05, 0) is 35.9 Å². The third-order valence-electron chi connectivity index (χ3n) is 4.25. The number of halogens is 2. The lowest BCUT2D eigenvalue weighted by Crippen LogP contribution is -2.13. The van der Waals surface area contributed by atoms with Crippen LogP contribution in [-0.4, -0.2) is 16.0 Å². The number of amides is 1. The van der Waals surface area contributed by atoms with Crippen LogP contribution in [0.25, 0.3) is 11.5 Å². The van der Waals surface area contributed by atoms with E-state index < -0.39 is 0 Å². The van der Waals surface area contributed by atoms with Gasteiger partial charge in [-0.25, -0.2) is 0 Å². The molecular formula is C22H15Cl2N3O2. The molecule has 0 aliphatic heterocycles. The van der Waals surface area contributed by atoms with E-state index in [9.17, 15) is 4.79 Å². The normalized spacial score (nSPS) is 10.7. The van der Waals surface area contributed by atoms with Crippen LogP contribution in [0.3, 0.4) is 0 Å². The van der Waals surface area contributed by atoms with Crippen molar-refractivity contribution >= 4 is 34.8 Å². The quantitative estimate of drug-likeness (QED) is 0.434. The Labute approximate surface area is 177 Å². The zero-order valence-electron chi connectivity index (χ0n) is 15.1. The molecule has 1 aromatic heterocycles. The van der Waals surface area contributed by atoms with Crippen LogP contribution < -0.4 is 5.32 Å². The van der Waals surface area contributed by atoms with Crippen LogP contribution in [0.2, 0.25) is 10.0 Å². The lowest BCUT2D eigenvalue weighted by atomic mass is 10.1. The summed E-state index contributed by atoms with van der Waals surface area (Å²) in [7, 11) is 0. The molecule has 7 heteroatoms. The summed E-state index contributed by atoms with van der Waals surface area (Å²) in [5.74, 6) is 0.533. The van der Waals surface area contributed by atoms with E-state index in [1.165, 1.54) is 6.07 Å². The third kappa shape index (κ3) is 4.47. The number of benzene rings is 3. The van der Waals surface area contributed by atoms with Gasteiger partial charge in [0.15, 0.2) is 5.82 Å². The summed E-state index contributed by atoms with van der Waals surface area (Å²) in [5.41, 5.74) is 2.57. The summed E-state index contributed by atoms with van der Waals surface area (Å²) in [6.07, 6.45) is 0.555. The van der Waals surface area contributed by atoms with Gasteiger partial charge in [-0.2, -0.15) is 4.98 Å². The molecule has 0 aliphatic rings. The zero-order chi connectivity index (χ0) is 20.2. The number of para-hydroxylation sites is 1. The van der Waals surface area contributed by atoms with E-state index in [0.717, 1.165) is 5.56 Å². The van der Waals surface area contributed by atoms with E-state index in [1.54, 1.807) is 24.3 Å². The Kier molecular flexibility index (Phi) is 5.60. The highest BCUT2D eigenvalue weighted by Crippen LogP contribution is 2.28. The molecule has 144 valence electrons. The number of anilines is 1. The molecule has 0 fully saturated rings. The fourth-order valence-corrected chi connectivity index (χ4v) is 3.35. The highest BCUT2D eigenvalue weighted by Gasteiger charge is 2.17. The van der Waals surface area contributed by atoms with E-state index in [0.29, 0.717) is 40.0 Å². The molecule has 1 amide bonds. The van der Waals surface area contributed by atoms with Gasteiger partial charge in [-0.1, -0.05) is 70.8 Å². The Morgan fingerprint density at radius 3 is 2.52 bits per heavy atom. The second kappa shape index (κ2) is 8.47. The van der Waals surface area contributed by atoms with Crippen molar-refractivity contribution in [2.75, 3.05) is 5.32 Å². The summed E-state index contributed by atoms with van der Waals surface area (Å²) in [5, 5.41) is 7.64. The van der Waals surface area contributed by atoms with E-state index in [2.05, 4.69) is 15.5 Å². The van der Waals surface area contributed by atoms with Gasteiger partial charge in [0.1, 0.15) is 0 Å². The van der Waals surface area contributed by atoms with Crippen molar-refractivity contribution in [1.29, 1.82) is 0 Å². The monoisotopic (exact) mass is 423 g/mol. The number of aromatic nitrogens is 2. The second-order valence-corrected chi connectivity index (χ2v) is 7.15. The molecule has 0 saturated carbocycles. The van der Waals surface area contributed by atoms with Gasteiger partial charge in [-0.15, -0.1) is 0 Å². The maximum absolute atomic E-state index is 12.7. The first kappa shape index (κ1) is 19.2. The number of nitrogens with zero attached hydrogens (tertiary/aromatic N) is 2. The van der Waals surface area contributed by atoms with E-state index in [1.807, 2.05) is 42.5 Å². The summed E-state index contributed by atoms with van der Waals surface area (Å²) < 4.78 is 5.43. The van der Waals surface area contributed by atoms with Crippen LogP contribution in [0.15, 0.2) is 77.3 Å². The van der Waals surface area contributed by atoms with Crippen LogP contribution in [-0.2, 0) is 6.42 Å². The first-order valence-corrected chi connectivity index (χ1v) is 9.58. The standard InChI is InChI=1S/C22H15Cl2N3O2/c23-15-10-11-16(18(24)13-15)21(28)25-19-9-5-4-8-17(19)22-26-20(27-29-22)12-14-6-2-1-3-7-14/h1-11,13H,12H2,(H,25,28). The predicted octanol–water partition coefficient (Wildman–Crippen LogP) is 5.89. The van der Waals surface area contributed by atoms with Crippen molar-refractivity contribution in [2.24, 2.45) is 0 Å². The Morgan fingerprint density at radius 2 is 1.72 bits per heavy atom. The van der Waals surface area contributed by atoms with Gasteiger partial charge in [0.25, 0.3) is 11.8 Å². The lowest BCUT2D eigenvalue weighted by Gasteiger charge is -2.09. The smallest absolute Gasteiger partial charge is 0.260 e. The third-order valence-corrected chi connectivity index (χ3v) is 4.80. The average molecular weight is 424 g/mol. The first-order chi connectivity index (χ1) is 14.1. The minimum atomic E-state index is -0.358. The van der Waals surface area contributed by atoms with Crippen LogP contribution in [0.5, 0.6) is 0 Å². The summed E-state index contributed by atoms with van der Waals surface area (Å²) in [6, 6.07) is 21.8. The molecule has 0 unspecified atom stereocenters. The Hall–Kier alpha value is -3.15. The van der Waals surface area contributed by atoms with Gasteiger partial charge in [0.2, 0.25) is 0 Å². The van der Waals surface area contributed by atoms with Gasteiger partial charge in [0, 0.05) is 11.4 Å². The summed E-state index contributed by atoms with van der Waals surface area (Å²) in [4.78, 5) is 17.1. The lowest BCUT2D eigenvalue weighted by molar-refractivity contribution is 0.102. The number of hydrogen-bond donors (Lipinski definition) is 1. The van der Waals surface area contributed by atoms with E-state index in [4.69, 9.17) is 27.7 Å². The Morgan fingerprint density at radius 1 is 0.966 bits per heavy atom. The SMILES string of the molecule is O=C(Nc1ccccc1-c1nc(Cc2ccccc2)no1)c1ccc(Cl)cc1Cl. The van der Waals surface area contributed by atoms with Crippen molar-refractivity contribution in [2.45, 2.75) is 6.42 Å². The molecule has 5 nitrogen and oxygen atoms in total. The largest absolute Gasteiger partial charge is 0.334 e. The number of carbonyl (C=O) groups excluding carboxylic acids is 1. The summed E-state index contributed by atoms with van der Waals surface area (Å²) >= 11 is 12.0. The molecule has 0 bridgehead atoms. The van der Waals surface area contributed by atoms with E-state index in [-0.39, 0.29) is 10.9 Å². The maximum Gasteiger partial charge on any atom is 0.260 e. The molecule has 0 atom stereocenters. The van der Waals surface area contributed by atoms with Gasteiger partial charge in [-0.3, -0.25) is 4.79 Å². The fourth-order valence-electron chi connectivity index (χ4n) is 2.86. The fraction of sp³-hybridized carbons (Fsp3) is 0.0455. The molecular weight excluding hydrogens is 409 g/mol. The molecule has 3 aromatic carbocycles. The molecule has 0 aliphatic carbocycles. The van der Waals surface area contributed by atoms with Crippen molar-refractivity contribution in [3.63, 3.8) is 0 Å². The highest BCUT2D eigenvalue weighted by atomic mass is 35.5. The van der Waals surface area contributed by atoms with Crippen molar-refractivity contribution in [3.05, 3.63) is 99.8 Å². The Bertz CT molecular complexity index is 1160. The minimum Gasteiger partial charge on any atom is -0.334 e. The van der Waals surface area contributed by atoms with Crippen molar-refractivity contribution < 1.29 is 9.32 Å². The molecule has 1 heterocycles. The van der Waals surface area contributed by atoms with Crippen LogP contribution in [0.4, 0.5) is 5.69 Å². The van der Waals surface area contributed by atoms with Crippen LogP contribution in [0.1, 0.15) is 21.7 Å². The number of rotatable bonds is 5. The zero-order valence-corrected chi connectivity index (χ0v) is 16.6. The maximum atomic E-state index is 12.7. The second-order valence-electron chi connectivity index (χ2n) is 6.30. The van der Waals surface area contributed by atoms with Gasteiger partial charge >= 0.3 is 0 Å². The van der Waals surface area contributed by atoms with Crippen LogP contribution in [0, 0.1) is 0 Å². The van der Waals surface area contributed by atoms with Crippen molar-refractivity contribution in [1.82, 2.24) is 10.1 Å². The van der Waals surface area contributed by atoms with Gasteiger partial charge in [0.05, 0.1) is 21.8 Å². The van der Waals surface area contributed by atoms with Gasteiger partial charge < -0.3 is 9.84 Å². The first-order valence-electron chi connectivity index (χ1n) is 8.82. The molecule has 4 rings (SSSR count). The molecule has 0 radical (unpaired) electrons. The summed E-state index contributed by atoms with van der Waals surface area (Å²) in [6.45, 7) is 0. The highest BCUT2D eigenvalue weighted by molar-refractivity contribution is 6.37. The molecule has 0 spiro atoms. The molecule has 0 saturated heterocycles. The molecule has 1 N–H and O–H groups in total. The Balaban J connectivity index is 1.58. The average Bonchev–Trinajstić information content (AvgIpc) is 3.17.